The summed E-state index contributed by atoms with van der Waals surface area (Å²) in [5.74, 6) is 1.97. The van der Waals surface area contributed by atoms with E-state index in [2.05, 4.69) is 10.1 Å². The summed E-state index contributed by atoms with van der Waals surface area (Å²) in [5.41, 5.74) is 5.99. The minimum Gasteiger partial charge on any atom is -0.461 e. The summed E-state index contributed by atoms with van der Waals surface area (Å²) >= 11 is 0. The SMILES string of the molecule is N[C@H]1CCC[C@@H]1c1nc(-c2ccco2)no1. The molecule has 1 saturated carbocycles. The molecule has 2 N–H and O–H groups in total. The lowest BCUT2D eigenvalue weighted by Gasteiger charge is -2.08. The van der Waals surface area contributed by atoms with Gasteiger partial charge in [0.05, 0.1) is 12.2 Å². The highest BCUT2D eigenvalue weighted by atomic mass is 16.5. The normalized spacial score (nSPS) is 25.1. The fourth-order valence-corrected chi connectivity index (χ4v) is 2.19. The van der Waals surface area contributed by atoms with E-state index in [4.69, 9.17) is 14.7 Å². The van der Waals surface area contributed by atoms with Gasteiger partial charge in [0, 0.05) is 6.04 Å². The lowest BCUT2D eigenvalue weighted by Crippen LogP contribution is -2.22. The highest BCUT2D eigenvalue weighted by Gasteiger charge is 2.30. The van der Waals surface area contributed by atoms with Crippen molar-refractivity contribution in [1.82, 2.24) is 10.1 Å². The van der Waals surface area contributed by atoms with Crippen LogP contribution in [0.4, 0.5) is 0 Å². The van der Waals surface area contributed by atoms with Gasteiger partial charge in [-0.25, -0.2) is 0 Å². The second-order valence-electron chi connectivity index (χ2n) is 4.13. The van der Waals surface area contributed by atoms with E-state index in [1.54, 1.807) is 12.3 Å². The highest BCUT2D eigenvalue weighted by Crippen LogP contribution is 2.33. The first kappa shape index (κ1) is 9.59. The van der Waals surface area contributed by atoms with Crippen LogP contribution >= 0.6 is 0 Å². The monoisotopic (exact) mass is 219 g/mol. The van der Waals surface area contributed by atoms with Gasteiger partial charge in [-0.3, -0.25) is 0 Å². The minimum absolute atomic E-state index is 0.143. The van der Waals surface area contributed by atoms with Crippen molar-refractivity contribution in [2.45, 2.75) is 31.2 Å². The molecule has 1 aliphatic carbocycles. The van der Waals surface area contributed by atoms with Gasteiger partial charge in [0.25, 0.3) is 0 Å². The topological polar surface area (TPSA) is 78.1 Å². The minimum atomic E-state index is 0.143. The molecule has 0 aromatic carbocycles. The first-order valence-electron chi connectivity index (χ1n) is 5.47. The molecule has 84 valence electrons. The van der Waals surface area contributed by atoms with Crippen LogP contribution in [0.5, 0.6) is 0 Å². The molecule has 1 fully saturated rings. The summed E-state index contributed by atoms with van der Waals surface area (Å²) in [6.45, 7) is 0. The van der Waals surface area contributed by atoms with E-state index in [9.17, 15) is 0 Å². The Morgan fingerprint density at radius 1 is 1.38 bits per heavy atom. The molecule has 2 atom stereocenters. The molecule has 0 spiro atoms. The third-order valence-corrected chi connectivity index (χ3v) is 3.07. The number of furan rings is 1. The van der Waals surface area contributed by atoms with E-state index >= 15 is 0 Å². The standard InChI is InChI=1S/C11H13N3O2/c12-8-4-1-3-7(8)11-13-10(14-16-11)9-5-2-6-15-9/h2,5-8H,1,3-4,12H2/t7-,8-/m0/s1. The van der Waals surface area contributed by atoms with Crippen LogP contribution in [0.1, 0.15) is 31.1 Å². The molecule has 5 nitrogen and oxygen atoms in total. The van der Waals surface area contributed by atoms with Crippen LogP contribution in [-0.4, -0.2) is 16.2 Å². The van der Waals surface area contributed by atoms with Crippen molar-refractivity contribution in [3.05, 3.63) is 24.3 Å². The molecule has 0 radical (unpaired) electrons. The van der Waals surface area contributed by atoms with Gasteiger partial charge in [-0.2, -0.15) is 4.98 Å². The van der Waals surface area contributed by atoms with Gasteiger partial charge in [0.2, 0.25) is 11.7 Å². The zero-order valence-electron chi connectivity index (χ0n) is 8.80. The maximum Gasteiger partial charge on any atom is 0.238 e. The van der Waals surface area contributed by atoms with Crippen molar-refractivity contribution >= 4 is 0 Å². The molecule has 0 bridgehead atoms. The van der Waals surface area contributed by atoms with Crippen molar-refractivity contribution in [1.29, 1.82) is 0 Å². The van der Waals surface area contributed by atoms with Crippen LogP contribution in [0, 0.1) is 0 Å². The summed E-state index contributed by atoms with van der Waals surface area (Å²) < 4.78 is 10.4. The van der Waals surface area contributed by atoms with Crippen molar-refractivity contribution in [3.63, 3.8) is 0 Å². The summed E-state index contributed by atoms with van der Waals surface area (Å²) in [6.07, 6.45) is 4.78. The molecule has 0 unspecified atom stereocenters. The van der Waals surface area contributed by atoms with Crippen molar-refractivity contribution in [2.75, 3.05) is 0 Å². The van der Waals surface area contributed by atoms with E-state index in [1.165, 1.54) is 0 Å². The average Bonchev–Trinajstić information content (AvgIpc) is 2.96. The van der Waals surface area contributed by atoms with Gasteiger partial charge in [-0.1, -0.05) is 11.6 Å². The molecule has 16 heavy (non-hydrogen) atoms. The van der Waals surface area contributed by atoms with Crippen molar-refractivity contribution in [3.8, 4) is 11.6 Å². The number of hydrogen-bond acceptors (Lipinski definition) is 5. The van der Waals surface area contributed by atoms with E-state index in [1.807, 2.05) is 6.07 Å². The number of rotatable bonds is 2. The Morgan fingerprint density at radius 2 is 2.31 bits per heavy atom. The predicted octanol–water partition coefficient (Wildman–Crippen LogP) is 1.92. The Bertz CT molecular complexity index is 463. The molecule has 0 saturated heterocycles. The van der Waals surface area contributed by atoms with Crippen LogP contribution in [0.2, 0.25) is 0 Å². The zero-order chi connectivity index (χ0) is 11.0. The van der Waals surface area contributed by atoms with E-state index in [0.717, 1.165) is 19.3 Å². The largest absolute Gasteiger partial charge is 0.461 e. The number of nitrogens with two attached hydrogens (primary N) is 1. The molecule has 5 heteroatoms. The second-order valence-corrected chi connectivity index (χ2v) is 4.13. The van der Waals surface area contributed by atoms with Crippen molar-refractivity contribution in [2.24, 2.45) is 5.73 Å². The van der Waals surface area contributed by atoms with Crippen LogP contribution < -0.4 is 5.73 Å². The maximum atomic E-state index is 5.99. The fourth-order valence-electron chi connectivity index (χ4n) is 2.19. The average molecular weight is 219 g/mol. The summed E-state index contributed by atoms with van der Waals surface area (Å²) in [4.78, 5) is 4.33. The van der Waals surface area contributed by atoms with Crippen LogP contribution in [0.3, 0.4) is 0 Å². The zero-order valence-corrected chi connectivity index (χ0v) is 8.80. The number of aromatic nitrogens is 2. The predicted molar refractivity (Wildman–Crippen MR) is 56.6 cm³/mol. The lowest BCUT2D eigenvalue weighted by molar-refractivity contribution is 0.344. The molecular formula is C11H13N3O2. The molecule has 0 amide bonds. The van der Waals surface area contributed by atoms with Crippen LogP contribution in [0.15, 0.2) is 27.3 Å². The van der Waals surface area contributed by atoms with Gasteiger partial charge in [0.15, 0.2) is 5.76 Å². The lowest BCUT2D eigenvalue weighted by atomic mass is 10.1. The van der Waals surface area contributed by atoms with Gasteiger partial charge >= 0.3 is 0 Å². The van der Waals surface area contributed by atoms with Crippen LogP contribution in [0.25, 0.3) is 11.6 Å². The van der Waals surface area contributed by atoms with Gasteiger partial charge in [0.1, 0.15) is 0 Å². The quantitative estimate of drug-likeness (QED) is 0.834. The van der Waals surface area contributed by atoms with Crippen molar-refractivity contribution < 1.29 is 8.94 Å². The molecule has 3 rings (SSSR count). The molecule has 2 heterocycles. The Balaban J connectivity index is 1.88. The maximum absolute atomic E-state index is 5.99. The third kappa shape index (κ3) is 1.53. The Kier molecular flexibility index (Phi) is 2.25. The first-order chi connectivity index (χ1) is 7.84. The third-order valence-electron chi connectivity index (χ3n) is 3.07. The van der Waals surface area contributed by atoms with E-state index in [0.29, 0.717) is 17.5 Å². The molecule has 1 aliphatic rings. The Hall–Kier alpha value is -1.62. The van der Waals surface area contributed by atoms with Gasteiger partial charge in [-0.05, 0) is 25.0 Å². The Labute approximate surface area is 92.6 Å². The highest BCUT2D eigenvalue weighted by molar-refractivity contribution is 5.44. The number of nitrogens with zero attached hydrogens (tertiary/aromatic N) is 2. The smallest absolute Gasteiger partial charge is 0.238 e. The molecule has 2 aromatic rings. The van der Waals surface area contributed by atoms with Crippen LogP contribution in [-0.2, 0) is 0 Å². The van der Waals surface area contributed by atoms with E-state index in [-0.39, 0.29) is 12.0 Å². The molecule has 0 aliphatic heterocycles. The molecular weight excluding hydrogens is 206 g/mol. The van der Waals surface area contributed by atoms with Gasteiger partial charge in [-0.15, -0.1) is 0 Å². The number of hydrogen-bond donors (Lipinski definition) is 1. The summed E-state index contributed by atoms with van der Waals surface area (Å²) in [6, 6.07) is 3.75. The fraction of sp³-hybridized carbons (Fsp3) is 0.455. The Morgan fingerprint density at radius 3 is 3.00 bits per heavy atom. The van der Waals surface area contributed by atoms with Gasteiger partial charge < -0.3 is 14.7 Å². The first-order valence-corrected chi connectivity index (χ1v) is 5.47. The summed E-state index contributed by atoms with van der Waals surface area (Å²) in [7, 11) is 0. The van der Waals surface area contributed by atoms with E-state index < -0.39 is 0 Å². The summed E-state index contributed by atoms with van der Waals surface area (Å²) in [5, 5.41) is 3.90. The molecule has 2 aromatic heterocycles. The second kappa shape index (κ2) is 3.75.